The molecule has 10 heteroatoms. The number of pyridine rings is 1. The summed E-state index contributed by atoms with van der Waals surface area (Å²) >= 11 is 6.58. The number of rotatable bonds is 6. The number of amides is 1. The van der Waals surface area contributed by atoms with Gasteiger partial charge in [-0.1, -0.05) is 17.7 Å². The minimum Gasteiger partial charge on any atom is -0.443 e. The van der Waals surface area contributed by atoms with Crippen LogP contribution in [0.4, 0.5) is 16.3 Å². The van der Waals surface area contributed by atoms with Crippen molar-refractivity contribution in [3.05, 3.63) is 77.1 Å². The zero-order valence-corrected chi connectivity index (χ0v) is 23.4. The summed E-state index contributed by atoms with van der Waals surface area (Å²) in [4.78, 5) is 23.2. The van der Waals surface area contributed by atoms with Gasteiger partial charge in [-0.3, -0.25) is 9.58 Å². The lowest BCUT2D eigenvalue weighted by atomic mass is 10.1. The number of carbonyl (C=O) groups excluding carboxylic acids is 1. The highest BCUT2D eigenvalue weighted by atomic mass is 35.5. The molecule has 3 aromatic heterocycles. The van der Waals surface area contributed by atoms with E-state index >= 15 is 0 Å². The third-order valence-electron chi connectivity index (χ3n) is 5.87. The van der Waals surface area contributed by atoms with E-state index in [1.165, 1.54) is 4.90 Å². The first-order valence-electron chi connectivity index (χ1n) is 12.1. The summed E-state index contributed by atoms with van der Waals surface area (Å²) in [5.74, 6) is 1.57. The van der Waals surface area contributed by atoms with E-state index in [9.17, 15) is 4.79 Å². The van der Waals surface area contributed by atoms with Gasteiger partial charge in [0.1, 0.15) is 17.2 Å². The number of aryl methyl sites for hydroxylation is 2. The van der Waals surface area contributed by atoms with E-state index < -0.39 is 11.7 Å². The van der Waals surface area contributed by atoms with Gasteiger partial charge in [-0.05, 0) is 63.6 Å². The lowest BCUT2D eigenvalue weighted by Gasteiger charge is -2.26. The first-order chi connectivity index (χ1) is 17.9. The molecule has 4 aromatic rings. The van der Waals surface area contributed by atoms with Crippen molar-refractivity contribution in [3.63, 3.8) is 0 Å². The molecular formula is C28H32ClN7O2. The second-order valence-electron chi connectivity index (χ2n) is 10.0. The smallest absolute Gasteiger partial charge is 0.414 e. The average Bonchev–Trinajstić information content (AvgIpc) is 3.43. The van der Waals surface area contributed by atoms with Crippen LogP contribution < -0.4 is 5.32 Å². The van der Waals surface area contributed by atoms with E-state index in [0.717, 1.165) is 33.9 Å². The highest BCUT2D eigenvalue weighted by molar-refractivity contribution is 6.33. The van der Waals surface area contributed by atoms with Gasteiger partial charge in [0, 0.05) is 44.7 Å². The van der Waals surface area contributed by atoms with Crippen LogP contribution in [0.15, 0.2) is 55.1 Å². The molecule has 0 aliphatic rings. The van der Waals surface area contributed by atoms with E-state index in [4.69, 9.17) is 16.3 Å². The molecule has 0 saturated carbocycles. The Morgan fingerprint density at radius 3 is 2.42 bits per heavy atom. The molecule has 38 heavy (non-hydrogen) atoms. The number of halogens is 1. The van der Waals surface area contributed by atoms with Crippen LogP contribution in [-0.2, 0) is 18.8 Å². The fourth-order valence-electron chi connectivity index (χ4n) is 3.76. The number of hydrogen-bond donors (Lipinski definition) is 1. The summed E-state index contributed by atoms with van der Waals surface area (Å²) in [7, 11) is 5.48. The third kappa shape index (κ3) is 6.23. The average molecular weight is 534 g/mol. The zero-order valence-electron chi connectivity index (χ0n) is 22.7. The van der Waals surface area contributed by atoms with E-state index in [1.807, 2.05) is 95.2 Å². The number of hydrogen-bond acceptors (Lipinski definition) is 6. The second kappa shape index (κ2) is 10.7. The predicted octanol–water partition coefficient (Wildman–Crippen LogP) is 6.29. The van der Waals surface area contributed by atoms with Crippen molar-refractivity contribution in [3.8, 4) is 11.3 Å². The number of ether oxygens (including phenoxy) is 1. The van der Waals surface area contributed by atoms with Crippen LogP contribution in [0.25, 0.3) is 23.0 Å². The highest BCUT2D eigenvalue weighted by Gasteiger charge is 2.23. The first kappa shape index (κ1) is 26.9. The fraction of sp³-hybridized carbons (Fsp3) is 0.286. The van der Waals surface area contributed by atoms with Crippen molar-refractivity contribution in [1.29, 1.82) is 0 Å². The third-order valence-corrected chi connectivity index (χ3v) is 6.18. The predicted molar refractivity (Wildman–Crippen MR) is 151 cm³/mol. The van der Waals surface area contributed by atoms with Crippen LogP contribution in [-0.4, -0.2) is 48.0 Å². The Morgan fingerprint density at radius 1 is 1.11 bits per heavy atom. The van der Waals surface area contributed by atoms with Gasteiger partial charge in [-0.25, -0.2) is 14.8 Å². The summed E-state index contributed by atoms with van der Waals surface area (Å²) in [5, 5.41) is 8.09. The summed E-state index contributed by atoms with van der Waals surface area (Å²) in [6, 6.07) is 9.59. The Hall–Kier alpha value is -4.11. The standard InChI is InChI=1S/C28H32ClN7O2/c1-18-30-16-25(35(18)6)20-9-10-23(22(29)13-20)33-26-11-8-19(14-31-26)12-24(21-15-32-34(5)17-21)36(7)27(37)38-28(2,3)4/h8-17H,1-7H3,(H,31,33)/b24-12-. The lowest BCUT2D eigenvalue weighted by molar-refractivity contribution is 0.0388. The van der Waals surface area contributed by atoms with Crippen LogP contribution in [0, 0.1) is 6.92 Å². The van der Waals surface area contributed by atoms with E-state index in [2.05, 4.69) is 20.4 Å². The zero-order chi connectivity index (χ0) is 27.6. The molecule has 0 radical (unpaired) electrons. The van der Waals surface area contributed by atoms with Crippen molar-refractivity contribution in [2.75, 3.05) is 12.4 Å². The van der Waals surface area contributed by atoms with Gasteiger partial charge in [0.2, 0.25) is 0 Å². The van der Waals surface area contributed by atoms with Crippen molar-refractivity contribution in [2.24, 2.45) is 14.1 Å². The van der Waals surface area contributed by atoms with Crippen LogP contribution in [0.2, 0.25) is 5.02 Å². The fourth-order valence-corrected chi connectivity index (χ4v) is 3.99. The van der Waals surface area contributed by atoms with Crippen LogP contribution in [0.3, 0.4) is 0 Å². The quantitative estimate of drug-likeness (QED) is 0.313. The van der Waals surface area contributed by atoms with Crippen molar-refractivity contribution in [2.45, 2.75) is 33.3 Å². The topological polar surface area (TPSA) is 90.1 Å². The minimum absolute atomic E-state index is 0.460. The highest BCUT2D eigenvalue weighted by Crippen LogP contribution is 2.31. The molecule has 4 rings (SSSR count). The number of aromatic nitrogens is 5. The second-order valence-corrected chi connectivity index (χ2v) is 10.4. The molecule has 1 N–H and O–H groups in total. The number of imidazole rings is 1. The van der Waals surface area contributed by atoms with E-state index in [1.54, 1.807) is 24.1 Å². The summed E-state index contributed by atoms with van der Waals surface area (Å²) in [6.45, 7) is 7.46. The molecule has 3 heterocycles. The van der Waals surface area contributed by atoms with Gasteiger partial charge in [-0.15, -0.1) is 0 Å². The van der Waals surface area contributed by atoms with Gasteiger partial charge in [0.25, 0.3) is 0 Å². The lowest BCUT2D eigenvalue weighted by Crippen LogP contribution is -2.33. The van der Waals surface area contributed by atoms with Crippen LogP contribution >= 0.6 is 11.6 Å². The molecule has 1 amide bonds. The Labute approximate surface area is 227 Å². The molecule has 0 aliphatic carbocycles. The molecule has 0 bridgehead atoms. The minimum atomic E-state index is -0.615. The molecular weight excluding hydrogens is 502 g/mol. The maximum Gasteiger partial charge on any atom is 0.414 e. The Balaban J connectivity index is 1.55. The SMILES string of the molecule is Cc1ncc(-c2ccc(Nc3ccc(/C=C(/c4cnn(C)c4)N(C)C(=O)OC(C)(C)C)cn3)c(Cl)c2)n1C. The summed E-state index contributed by atoms with van der Waals surface area (Å²) in [6.07, 6.45) is 8.51. The number of anilines is 2. The van der Waals surface area contributed by atoms with Crippen LogP contribution in [0.5, 0.6) is 0 Å². The molecule has 0 saturated heterocycles. The molecule has 198 valence electrons. The number of nitrogens with zero attached hydrogens (tertiary/aromatic N) is 6. The van der Waals surface area contributed by atoms with Crippen molar-refractivity contribution >= 4 is 41.0 Å². The van der Waals surface area contributed by atoms with Gasteiger partial charge < -0.3 is 14.6 Å². The maximum atomic E-state index is 12.8. The van der Waals surface area contributed by atoms with Gasteiger partial charge in [-0.2, -0.15) is 5.10 Å². The molecule has 0 aliphatic heterocycles. The van der Waals surface area contributed by atoms with Crippen LogP contribution in [0.1, 0.15) is 37.7 Å². The molecule has 1 aromatic carbocycles. The van der Waals surface area contributed by atoms with Gasteiger partial charge in [0.05, 0.1) is 34.5 Å². The Kier molecular flexibility index (Phi) is 7.59. The molecule has 0 atom stereocenters. The van der Waals surface area contributed by atoms with Gasteiger partial charge in [0.15, 0.2) is 0 Å². The normalized spacial score (nSPS) is 11.9. The molecule has 0 unspecified atom stereocenters. The number of carbonyl (C=O) groups is 1. The monoisotopic (exact) mass is 533 g/mol. The number of benzene rings is 1. The van der Waals surface area contributed by atoms with Gasteiger partial charge >= 0.3 is 6.09 Å². The summed E-state index contributed by atoms with van der Waals surface area (Å²) in [5.41, 5.74) is 4.32. The Morgan fingerprint density at radius 2 is 1.87 bits per heavy atom. The molecule has 9 nitrogen and oxygen atoms in total. The van der Waals surface area contributed by atoms with E-state index in [-0.39, 0.29) is 0 Å². The summed E-state index contributed by atoms with van der Waals surface area (Å²) < 4.78 is 9.27. The maximum absolute atomic E-state index is 12.8. The molecule has 0 spiro atoms. The van der Waals surface area contributed by atoms with Crippen molar-refractivity contribution in [1.82, 2.24) is 29.2 Å². The first-order valence-corrected chi connectivity index (χ1v) is 12.5. The largest absolute Gasteiger partial charge is 0.443 e. The molecule has 0 fully saturated rings. The Bertz CT molecular complexity index is 1480. The number of nitrogens with one attached hydrogen (secondary N) is 1. The van der Waals surface area contributed by atoms with Crippen molar-refractivity contribution < 1.29 is 9.53 Å². The van der Waals surface area contributed by atoms with E-state index in [0.29, 0.717) is 16.5 Å².